The monoisotopic (exact) mass is 450 g/mol. The van der Waals surface area contributed by atoms with E-state index in [1.165, 1.54) is 28.6 Å². The van der Waals surface area contributed by atoms with Crippen LogP contribution < -0.4 is 14.4 Å². The third-order valence-electron chi connectivity index (χ3n) is 4.84. The molecule has 0 radical (unpaired) electrons. The van der Waals surface area contributed by atoms with Crippen LogP contribution in [0.5, 0.6) is 5.75 Å². The minimum atomic E-state index is -3.55. The summed E-state index contributed by atoms with van der Waals surface area (Å²) in [5.41, 5.74) is 1.37. The number of halogens is 1. The van der Waals surface area contributed by atoms with Crippen LogP contribution in [-0.2, 0) is 14.8 Å². The van der Waals surface area contributed by atoms with Crippen molar-refractivity contribution in [3.05, 3.63) is 59.9 Å². The number of anilines is 1. The molecule has 0 saturated carbocycles. The van der Waals surface area contributed by atoms with Crippen molar-refractivity contribution in [2.45, 2.75) is 39.2 Å². The molecule has 2 aromatic rings. The lowest BCUT2D eigenvalue weighted by Crippen LogP contribution is -2.33. The number of hydrogen-bond acceptors (Lipinski definition) is 4. The van der Waals surface area contributed by atoms with Gasteiger partial charge in [-0.1, -0.05) is 26.0 Å². The summed E-state index contributed by atoms with van der Waals surface area (Å²) >= 11 is 0. The average Bonchev–Trinajstić information content (AvgIpc) is 2.70. The highest BCUT2D eigenvalue weighted by Crippen LogP contribution is 2.24. The molecule has 31 heavy (non-hydrogen) atoms. The summed E-state index contributed by atoms with van der Waals surface area (Å²) in [5.74, 6) is 0.548. The van der Waals surface area contributed by atoms with Crippen LogP contribution in [0.3, 0.4) is 0 Å². The van der Waals surface area contributed by atoms with Crippen LogP contribution in [-0.4, -0.2) is 34.2 Å². The zero-order chi connectivity index (χ0) is 23.0. The SMILES string of the molecule is COc1ccc([C@@H](CC(C)C)NC(=O)CCCN(c2ccc(F)cc2)S(C)(=O)=O)cc1. The van der Waals surface area contributed by atoms with Crippen molar-refractivity contribution in [1.82, 2.24) is 5.32 Å². The lowest BCUT2D eigenvalue weighted by molar-refractivity contribution is -0.122. The second-order valence-corrected chi connectivity index (χ2v) is 9.84. The molecule has 2 rings (SSSR count). The summed E-state index contributed by atoms with van der Waals surface area (Å²) in [5, 5.41) is 3.06. The number of ether oxygens (including phenoxy) is 1. The normalized spacial score (nSPS) is 12.5. The van der Waals surface area contributed by atoms with Crippen LogP contribution in [0.25, 0.3) is 0 Å². The summed E-state index contributed by atoms with van der Waals surface area (Å²) in [7, 11) is -1.94. The van der Waals surface area contributed by atoms with E-state index >= 15 is 0 Å². The first-order chi connectivity index (χ1) is 14.6. The zero-order valence-electron chi connectivity index (χ0n) is 18.5. The highest BCUT2D eigenvalue weighted by molar-refractivity contribution is 7.92. The number of benzene rings is 2. The first-order valence-corrected chi connectivity index (χ1v) is 12.1. The topological polar surface area (TPSA) is 75.7 Å². The second kappa shape index (κ2) is 11.1. The van der Waals surface area contributed by atoms with Gasteiger partial charge in [-0.2, -0.15) is 0 Å². The van der Waals surface area contributed by atoms with Crippen molar-refractivity contribution in [2.75, 3.05) is 24.2 Å². The number of nitrogens with zero attached hydrogens (tertiary/aromatic N) is 1. The van der Waals surface area contributed by atoms with Gasteiger partial charge in [-0.25, -0.2) is 12.8 Å². The third kappa shape index (κ3) is 7.86. The molecule has 170 valence electrons. The van der Waals surface area contributed by atoms with Crippen molar-refractivity contribution >= 4 is 21.6 Å². The molecule has 0 bridgehead atoms. The molecule has 0 aliphatic carbocycles. The van der Waals surface area contributed by atoms with E-state index in [4.69, 9.17) is 4.74 Å². The molecule has 1 amide bonds. The van der Waals surface area contributed by atoms with Crippen LogP contribution in [0.1, 0.15) is 44.7 Å². The van der Waals surface area contributed by atoms with E-state index in [-0.39, 0.29) is 24.9 Å². The number of hydrogen-bond donors (Lipinski definition) is 1. The Bertz CT molecular complexity index is 945. The fourth-order valence-corrected chi connectivity index (χ4v) is 4.29. The highest BCUT2D eigenvalue weighted by Gasteiger charge is 2.19. The van der Waals surface area contributed by atoms with Gasteiger partial charge in [0.15, 0.2) is 0 Å². The standard InChI is InChI=1S/C23H31FN2O4S/c1-17(2)16-22(18-7-13-21(30-3)14-8-18)25-23(27)6-5-15-26(31(4,28)29)20-11-9-19(24)10-12-20/h7-14,17,22H,5-6,15-16H2,1-4H3,(H,25,27)/t22-/m1/s1. The van der Waals surface area contributed by atoms with Gasteiger partial charge in [0.2, 0.25) is 15.9 Å². The van der Waals surface area contributed by atoms with E-state index in [2.05, 4.69) is 19.2 Å². The van der Waals surface area contributed by atoms with E-state index in [9.17, 15) is 17.6 Å². The van der Waals surface area contributed by atoms with Gasteiger partial charge >= 0.3 is 0 Å². The predicted octanol–water partition coefficient (Wildman–Crippen LogP) is 4.28. The number of methoxy groups -OCH3 is 1. The smallest absolute Gasteiger partial charge is 0.232 e. The van der Waals surface area contributed by atoms with Crippen molar-refractivity contribution in [3.8, 4) is 5.75 Å². The van der Waals surface area contributed by atoms with Crippen LogP contribution in [0.2, 0.25) is 0 Å². The number of rotatable bonds is 11. The molecular formula is C23H31FN2O4S. The van der Waals surface area contributed by atoms with Gasteiger partial charge < -0.3 is 10.1 Å². The Kier molecular flexibility index (Phi) is 8.86. The molecule has 0 spiro atoms. The summed E-state index contributed by atoms with van der Waals surface area (Å²) in [6.07, 6.45) is 2.40. The van der Waals surface area contributed by atoms with Gasteiger partial charge in [0.1, 0.15) is 11.6 Å². The van der Waals surface area contributed by atoms with E-state index in [0.717, 1.165) is 24.0 Å². The highest BCUT2D eigenvalue weighted by atomic mass is 32.2. The summed E-state index contributed by atoms with van der Waals surface area (Å²) in [6, 6.07) is 12.7. The Labute approximate surface area is 184 Å². The fraction of sp³-hybridized carbons (Fsp3) is 0.435. The average molecular weight is 451 g/mol. The minimum Gasteiger partial charge on any atom is -0.497 e. The van der Waals surface area contributed by atoms with Crippen molar-refractivity contribution in [2.24, 2.45) is 5.92 Å². The largest absolute Gasteiger partial charge is 0.497 e. The molecule has 2 aromatic carbocycles. The molecule has 8 heteroatoms. The number of nitrogens with one attached hydrogen (secondary N) is 1. The Morgan fingerprint density at radius 3 is 2.23 bits per heavy atom. The van der Waals surface area contributed by atoms with Crippen molar-refractivity contribution in [1.29, 1.82) is 0 Å². The lowest BCUT2D eigenvalue weighted by atomic mass is 9.96. The molecule has 0 fully saturated rings. The van der Waals surface area contributed by atoms with E-state index in [0.29, 0.717) is 18.0 Å². The first kappa shape index (κ1) is 24.7. The maximum absolute atomic E-state index is 13.2. The molecule has 0 unspecified atom stereocenters. The Morgan fingerprint density at radius 2 is 1.71 bits per heavy atom. The fourth-order valence-electron chi connectivity index (χ4n) is 3.33. The zero-order valence-corrected chi connectivity index (χ0v) is 19.3. The Hall–Kier alpha value is -2.61. The molecule has 0 aliphatic rings. The van der Waals surface area contributed by atoms with Crippen molar-refractivity contribution < 1.29 is 22.3 Å². The Morgan fingerprint density at radius 1 is 1.10 bits per heavy atom. The van der Waals surface area contributed by atoms with E-state index < -0.39 is 15.8 Å². The van der Waals surface area contributed by atoms with Crippen LogP contribution >= 0.6 is 0 Å². The molecular weight excluding hydrogens is 419 g/mol. The number of amides is 1. The quantitative estimate of drug-likeness (QED) is 0.554. The van der Waals surface area contributed by atoms with Crippen molar-refractivity contribution in [3.63, 3.8) is 0 Å². The molecule has 0 heterocycles. The van der Waals surface area contributed by atoms with E-state index in [1.807, 2.05) is 24.3 Å². The molecule has 0 aromatic heterocycles. The molecule has 1 N–H and O–H groups in total. The summed E-state index contributed by atoms with van der Waals surface area (Å²) in [6.45, 7) is 4.32. The minimum absolute atomic E-state index is 0.134. The summed E-state index contributed by atoms with van der Waals surface area (Å²) in [4.78, 5) is 12.6. The number of sulfonamides is 1. The van der Waals surface area contributed by atoms with Crippen LogP contribution in [0, 0.1) is 11.7 Å². The van der Waals surface area contributed by atoms with Gasteiger partial charge in [0.05, 0.1) is 25.1 Å². The number of carbonyl (C=O) groups excluding carboxylic acids is 1. The maximum atomic E-state index is 13.2. The van der Waals surface area contributed by atoms with Gasteiger partial charge in [0, 0.05) is 13.0 Å². The molecule has 0 aliphatic heterocycles. The van der Waals surface area contributed by atoms with E-state index in [1.54, 1.807) is 7.11 Å². The van der Waals surface area contributed by atoms with Gasteiger partial charge in [0.25, 0.3) is 0 Å². The molecule has 0 saturated heterocycles. The molecule has 1 atom stereocenters. The predicted molar refractivity (Wildman–Crippen MR) is 121 cm³/mol. The van der Waals surface area contributed by atoms with Gasteiger partial charge in [-0.15, -0.1) is 0 Å². The Balaban J connectivity index is 2.00. The second-order valence-electron chi connectivity index (χ2n) is 7.94. The number of carbonyl (C=O) groups is 1. The molecule has 6 nitrogen and oxygen atoms in total. The van der Waals surface area contributed by atoms with Crippen LogP contribution in [0.4, 0.5) is 10.1 Å². The maximum Gasteiger partial charge on any atom is 0.232 e. The summed E-state index contributed by atoms with van der Waals surface area (Å²) < 4.78 is 43.9. The third-order valence-corrected chi connectivity index (χ3v) is 6.03. The van der Waals surface area contributed by atoms with Crippen LogP contribution in [0.15, 0.2) is 48.5 Å². The van der Waals surface area contributed by atoms with Gasteiger partial charge in [-0.3, -0.25) is 9.10 Å². The first-order valence-electron chi connectivity index (χ1n) is 10.3. The lowest BCUT2D eigenvalue weighted by Gasteiger charge is -2.23. The van der Waals surface area contributed by atoms with Gasteiger partial charge in [-0.05, 0) is 60.7 Å².